The van der Waals surface area contributed by atoms with Gasteiger partial charge in [0.1, 0.15) is 22.3 Å². The van der Waals surface area contributed by atoms with Crippen molar-refractivity contribution in [3.8, 4) is 33.4 Å². The Kier molecular flexibility index (Phi) is 8.14. The van der Waals surface area contributed by atoms with E-state index in [4.69, 9.17) is 8.83 Å². The van der Waals surface area contributed by atoms with Gasteiger partial charge in [0.15, 0.2) is 0 Å². The van der Waals surface area contributed by atoms with Crippen molar-refractivity contribution in [3.63, 3.8) is 0 Å². The Morgan fingerprint density at radius 3 is 1.67 bits per heavy atom. The summed E-state index contributed by atoms with van der Waals surface area (Å²) in [6.07, 6.45) is 9.14. The molecule has 0 amide bonds. The van der Waals surface area contributed by atoms with Gasteiger partial charge in [0.25, 0.3) is 0 Å². The number of allylic oxidation sites excluding steroid dienone is 5. The molecule has 2 atom stereocenters. The monoisotopic (exact) mass is 840 g/mol. The molecule has 308 valence electrons. The minimum Gasteiger partial charge on any atom is -0.456 e. The fourth-order valence-electron chi connectivity index (χ4n) is 11.5. The van der Waals surface area contributed by atoms with Crippen LogP contribution >= 0.6 is 0 Å². The van der Waals surface area contributed by atoms with Crippen LogP contribution < -0.4 is 0 Å². The van der Waals surface area contributed by atoms with Crippen LogP contribution in [0.15, 0.2) is 245 Å². The third-order valence-corrected chi connectivity index (χ3v) is 14.3. The summed E-state index contributed by atoms with van der Waals surface area (Å²) in [5, 5.41) is 9.33. The zero-order valence-electron chi connectivity index (χ0n) is 35.9. The SMILES string of the molecule is C1=CC2=C(c3ccccc3)c3ccccc3C(c3ccc4oc5cccc(-c6c7ccccc7c(-c7ccc8oc9ccc(-c%10ccccc%10)cc9c8c7)c7ccccc67)c5c4c3)C2C=C1. The van der Waals surface area contributed by atoms with Gasteiger partial charge in [-0.05, 0) is 131 Å². The van der Waals surface area contributed by atoms with E-state index in [9.17, 15) is 0 Å². The average molecular weight is 841 g/mol. The van der Waals surface area contributed by atoms with Gasteiger partial charge in [-0.2, -0.15) is 0 Å². The summed E-state index contributed by atoms with van der Waals surface area (Å²) in [6.45, 7) is 0. The molecule has 2 heteroatoms. The van der Waals surface area contributed by atoms with E-state index in [-0.39, 0.29) is 11.8 Å². The highest BCUT2D eigenvalue weighted by molar-refractivity contribution is 6.26. The molecule has 14 rings (SSSR count). The highest BCUT2D eigenvalue weighted by Crippen LogP contribution is 2.52. The van der Waals surface area contributed by atoms with Crippen molar-refractivity contribution in [2.24, 2.45) is 5.92 Å². The van der Waals surface area contributed by atoms with E-state index in [0.29, 0.717) is 0 Å². The molecule has 0 radical (unpaired) electrons. The van der Waals surface area contributed by atoms with Crippen molar-refractivity contribution in [1.82, 2.24) is 0 Å². The second-order valence-corrected chi connectivity index (χ2v) is 17.8. The summed E-state index contributed by atoms with van der Waals surface area (Å²) < 4.78 is 13.2. The number of benzene rings is 10. The second-order valence-electron chi connectivity index (χ2n) is 17.8. The quantitative estimate of drug-likeness (QED) is 0.161. The van der Waals surface area contributed by atoms with Gasteiger partial charge < -0.3 is 8.83 Å². The van der Waals surface area contributed by atoms with Crippen LogP contribution in [0, 0.1) is 5.92 Å². The maximum absolute atomic E-state index is 6.79. The minimum atomic E-state index is 0.127. The summed E-state index contributed by atoms with van der Waals surface area (Å²) in [5.41, 5.74) is 18.6. The van der Waals surface area contributed by atoms with Crippen LogP contribution in [0.5, 0.6) is 0 Å². The van der Waals surface area contributed by atoms with E-state index in [0.717, 1.165) is 49.4 Å². The number of hydrogen-bond acceptors (Lipinski definition) is 2. The molecule has 2 nitrogen and oxygen atoms in total. The van der Waals surface area contributed by atoms with Crippen LogP contribution in [0.4, 0.5) is 0 Å². The van der Waals surface area contributed by atoms with Gasteiger partial charge in [-0.3, -0.25) is 0 Å². The van der Waals surface area contributed by atoms with Crippen LogP contribution in [-0.2, 0) is 0 Å². The van der Waals surface area contributed by atoms with E-state index in [2.05, 4.69) is 231 Å². The molecule has 2 aliphatic rings. The highest BCUT2D eigenvalue weighted by atomic mass is 16.3. The molecule has 0 saturated heterocycles. The van der Waals surface area contributed by atoms with Crippen molar-refractivity contribution in [2.75, 3.05) is 0 Å². The molecule has 0 spiro atoms. The molecule has 0 N–H and O–H groups in total. The number of hydrogen-bond donors (Lipinski definition) is 0. The largest absolute Gasteiger partial charge is 0.456 e. The van der Waals surface area contributed by atoms with E-state index in [1.165, 1.54) is 82.8 Å². The fraction of sp³-hybridized carbons (Fsp3) is 0.0312. The van der Waals surface area contributed by atoms with Gasteiger partial charge in [-0.1, -0.05) is 188 Å². The van der Waals surface area contributed by atoms with Gasteiger partial charge in [0.05, 0.1) is 0 Å². The zero-order chi connectivity index (χ0) is 43.3. The first-order chi connectivity index (χ1) is 32.7. The molecule has 12 aromatic rings. The Bertz CT molecular complexity index is 3990. The minimum absolute atomic E-state index is 0.127. The van der Waals surface area contributed by atoms with Crippen molar-refractivity contribution in [3.05, 3.63) is 258 Å². The molecule has 2 unspecified atom stereocenters. The lowest BCUT2D eigenvalue weighted by atomic mass is 9.66. The summed E-state index contributed by atoms with van der Waals surface area (Å²) in [5.74, 6) is 0.308. The van der Waals surface area contributed by atoms with Crippen LogP contribution in [0.2, 0.25) is 0 Å². The molecule has 2 aromatic heterocycles. The predicted molar refractivity (Wildman–Crippen MR) is 275 cm³/mol. The molecule has 10 aromatic carbocycles. The topological polar surface area (TPSA) is 26.3 Å². The molecule has 2 aliphatic carbocycles. The second kappa shape index (κ2) is 14.5. The number of fused-ring (bicyclic) bond motifs is 10. The van der Waals surface area contributed by atoms with Crippen molar-refractivity contribution in [2.45, 2.75) is 5.92 Å². The Hall–Kier alpha value is -8.46. The van der Waals surface area contributed by atoms with E-state index < -0.39 is 0 Å². The van der Waals surface area contributed by atoms with Gasteiger partial charge in [0, 0.05) is 33.4 Å². The Labute approximate surface area is 381 Å². The van der Waals surface area contributed by atoms with Crippen LogP contribution in [-0.4, -0.2) is 0 Å². The molecule has 0 bridgehead atoms. The van der Waals surface area contributed by atoms with Crippen molar-refractivity contribution in [1.29, 1.82) is 0 Å². The molecule has 0 fully saturated rings. The molecule has 0 aliphatic heterocycles. The normalized spacial score (nSPS) is 15.7. The first-order valence-corrected chi connectivity index (χ1v) is 22.9. The molecule has 2 heterocycles. The number of furan rings is 2. The maximum atomic E-state index is 6.79. The molecule has 0 saturated carbocycles. The summed E-state index contributed by atoms with van der Waals surface area (Å²) in [4.78, 5) is 0. The lowest BCUT2D eigenvalue weighted by molar-refractivity contribution is 0.647. The predicted octanol–water partition coefficient (Wildman–Crippen LogP) is 17.5. The number of rotatable bonds is 5. The third-order valence-electron chi connectivity index (χ3n) is 14.3. The Balaban J connectivity index is 0.971. The highest BCUT2D eigenvalue weighted by Gasteiger charge is 2.36. The first kappa shape index (κ1) is 37.0. The third kappa shape index (κ3) is 5.55. The zero-order valence-corrected chi connectivity index (χ0v) is 35.9. The molecular weight excluding hydrogens is 801 g/mol. The lowest BCUT2D eigenvalue weighted by Crippen LogP contribution is -2.22. The van der Waals surface area contributed by atoms with Crippen LogP contribution in [0.1, 0.15) is 28.2 Å². The fourth-order valence-corrected chi connectivity index (χ4v) is 11.5. The van der Waals surface area contributed by atoms with Gasteiger partial charge in [0.2, 0.25) is 0 Å². The van der Waals surface area contributed by atoms with Crippen LogP contribution in [0.3, 0.4) is 0 Å². The van der Waals surface area contributed by atoms with Gasteiger partial charge >= 0.3 is 0 Å². The summed E-state index contributed by atoms with van der Waals surface area (Å²) >= 11 is 0. The first-order valence-electron chi connectivity index (χ1n) is 22.9. The molecule has 66 heavy (non-hydrogen) atoms. The summed E-state index contributed by atoms with van der Waals surface area (Å²) in [6, 6.07) is 75.1. The Morgan fingerprint density at radius 1 is 0.348 bits per heavy atom. The van der Waals surface area contributed by atoms with Crippen molar-refractivity contribution >= 4 is 71.0 Å². The lowest BCUT2D eigenvalue weighted by Gasteiger charge is -2.36. The Morgan fingerprint density at radius 2 is 0.924 bits per heavy atom. The van der Waals surface area contributed by atoms with Gasteiger partial charge in [-0.15, -0.1) is 0 Å². The van der Waals surface area contributed by atoms with Gasteiger partial charge in [-0.25, -0.2) is 0 Å². The smallest absolute Gasteiger partial charge is 0.136 e. The standard InChI is InChI=1S/C64H40O2/c1-3-16-39(17-4-1)41-30-33-56-53(36-41)54-37-42(31-34-57(54)65-56)61-48-24-11-13-26-50(48)63(51-27-14-12-25-49(51)61)52-28-15-29-59-64(52)55-38-43(32-35-58(55)66-59)62-46-22-9-7-20-44(46)60(40-18-5-2-6-19-40)45-21-8-10-23-47(45)62/h1-38,46,62H. The van der Waals surface area contributed by atoms with Crippen LogP contribution in [0.25, 0.3) is 104 Å². The maximum Gasteiger partial charge on any atom is 0.136 e. The van der Waals surface area contributed by atoms with E-state index >= 15 is 0 Å². The van der Waals surface area contributed by atoms with E-state index in [1.54, 1.807) is 0 Å². The van der Waals surface area contributed by atoms with Crippen molar-refractivity contribution < 1.29 is 8.83 Å². The van der Waals surface area contributed by atoms with E-state index in [1.807, 2.05) is 0 Å². The summed E-state index contributed by atoms with van der Waals surface area (Å²) in [7, 11) is 0. The average Bonchev–Trinajstić information content (AvgIpc) is 3.95. The molecular formula is C64H40O2.